The molecule has 0 bridgehead atoms. The molecule has 0 spiro atoms. The van der Waals surface area contributed by atoms with Crippen LogP contribution in [0.25, 0.3) is 0 Å². The number of carboxylic acid groups (broad SMARTS) is 1. The summed E-state index contributed by atoms with van der Waals surface area (Å²) >= 11 is 0. The van der Waals surface area contributed by atoms with Crippen molar-refractivity contribution in [3.05, 3.63) is 71.3 Å². The van der Waals surface area contributed by atoms with E-state index in [-0.39, 0.29) is 24.7 Å². The van der Waals surface area contributed by atoms with Gasteiger partial charge >= 0.3 is 12.0 Å². The predicted molar refractivity (Wildman–Crippen MR) is 109 cm³/mol. The molecule has 1 saturated heterocycles. The number of carbonyl (C=O) groups is 3. The number of hydrogen-bond donors (Lipinski definition) is 4. The van der Waals surface area contributed by atoms with Crippen molar-refractivity contribution in [1.29, 1.82) is 5.41 Å². The molecule has 29 heavy (non-hydrogen) atoms. The maximum Gasteiger partial charge on any atom is 0.327 e. The van der Waals surface area contributed by atoms with Crippen molar-refractivity contribution in [2.45, 2.75) is 24.9 Å². The Labute approximate surface area is 173 Å². The number of urea groups is 1. The molecular weight excluding hydrogens is 396 g/mol. The highest BCUT2D eigenvalue weighted by molar-refractivity contribution is 6.09. The van der Waals surface area contributed by atoms with Crippen LogP contribution in [0.1, 0.15) is 23.6 Å². The number of amides is 3. The minimum Gasteiger partial charge on any atom is -0.480 e. The fourth-order valence-electron chi connectivity index (χ4n) is 3.25. The van der Waals surface area contributed by atoms with Crippen molar-refractivity contribution in [3.63, 3.8) is 0 Å². The first-order valence-electron chi connectivity index (χ1n) is 8.61. The molecule has 0 aliphatic carbocycles. The van der Waals surface area contributed by atoms with Crippen LogP contribution in [0.5, 0.6) is 0 Å². The van der Waals surface area contributed by atoms with Crippen molar-refractivity contribution in [1.82, 2.24) is 10.2 Å². The van der Waals surface area contributed by atoms with Crippen LogP contribution < -0.4 is 11.1 Å². The molecule has 3 amide bonds. The lowest BCUT2D eigenvalue weighted by atomic mass is 9.90. The van der Waals surface area contributed by atoms with E-state index in [0.717, 1.165) is 4.90 Å². The molecule has 0 aromatic heterocycles. The zero-order chi connectivity index (χ0) is 20.5. The average Bonchev–Trinajstić information content (AvgIpc) is 2.90. The van der Waals surface area contributed by atoms with Gasteiger partial charge in [-0.25, -0.2) is 14.5 Å². The van der Waals surface area contributed by atoms with Crippen LogP contribution in [0.4, 0.5) is 4.79 Å². The number of carbonyl (C=O) groups excluding carboxylic acids is 2. The Hall–Kier alpha value is -3.39. The van der Waals surface area contributed by atoms with Gasteiger partial charge in [0.1, 0.15) is 17.4 Å². The van der Waals surface area contributed by atoms with Crippen molar-refractivity contribution in [2.75, 3.05) is 0 Å². The van der Waals surface area contributed by atoms with Crippen LogP contribution in [0.2, 0.25) is 0 Å². The lowest BCUT2D eigenvalue weighted by Gasteiger charge is -2.25. The maximum atomic E-state index is 13.1. The zero-order valence-corrected chi connectivity index (χ0v) is 16.4. The summed E-state index contributed by atoms with van der Waals surface area (Å²) in [6, 6.07) is 13.1. The summed E-state index contributed by atoms with van der Waals surface area (Å²) in [5.41, 5.74) is 5.69. The number of nitrogen functional groups attached to an aromatic ring is 1. The Morgan fingerprint density at radius 1 is 1.17 bits per heavy atom. The molecule has 1 heterocycles. The summed E-state index contributed by atoms with van der Waals surface area (Å²) in [6.07, 6.45) is 0.00862. The van der Waals surface area contributed by atoms with Crippen LogP contribution in [0.3, 0.4) is 0 Å². The topological polar surface area (TPSA) is 137 Å². The van der Waals surface area contributed by atoms with Crippen molar-refractivity contribution >= 4 is 36.2 Å². The van der Waals surface area contributed by atoms with Crippen LogP contribution in [-0.4, -0.2) is 39.8 Å². The maximum absolute atomic E-state index is 13.1. The first-order chi connectivity index (χ1) is 13.2. The lowest BCUT2D eigenvalue weighted by molar-refractivity contribution is -0.147. The van der Waals surface area contributed by atoms with E-state index in [0.29, 0.717) is 16.7 Å². The first-order valence-corrected chi connectivity index (χ1v) is 8.61. The largest absolute Gasteiger partial charge is 0.480 e. The molecule has 1 unspecified atom stereocenters. The Morgan fingerprint density at radius 2 is 1.76 bits per heavy atom. The quantitative estimate of drug-likeness (QED) is 0.323. The minimum absolute atomic E-state index is 0. The van der Waals surface area contributed by atoms with E-state index in [1.54, 1.807) is 54.6 Å². The monoisotopic (exact) mass is 416 g/mol. The molecule has 0 radical (unpaired) electrons. The number of rotatable bonds is 6. The van der Waals surface area contributed by atoms with Crippen molar-refractivity contribution in [3.8, 4) is 0 Å². The van der Waals surface area contributed by atoms with E-state index in [2.05, 4.69) is 5.32 Å². The lowest BCUT2D eigenvalue weighted by Crippen LogP contribution is -2.48. The molecule has 3 rings (SSSR count). The highest BCUT2D eigenvalue weighted by Crippen LogP contribution is 2.31. The van der Waals surface area contributed by atoms with E-state index in [4.69, 9.17) is 11.1 Å². The van der Waals surface area contributed by atoms with E-state index in [9.17, 15) is 19.5 Å². The van der Waals surface area contributed by atoms with Gasteiger partial charge in [0.15, 0.2) is 0 Å². The number of nitrogens with two attached hydrogens (primary N) is 1. The Morgan fingerprint density at radius 3 is 2.28 bits per heavy atom. The summed E-state index contributed by atoms with van der Waals surface area (Å²) < 4.78 is 0. The van der Waals surface area contributed by atoms with Crippen LogP contribution in [0.15, 0.2) is 54.6 Å². The number of hydrogen-bond acceptors (Lipinski definition) is 4. The average molecular weight is 417 g/mol. The predicted octanol–water partition coefficient (Wildman–Crippen LogP) is 1.86. The Bertz CT molecular complexity index is 949. The van der Waals surface area contributed by atoms with Gasteiger partial charge in [-0.1, -0.05) is 54.6 Å². The number of amidine groups is 1. The third-order valence-corrected chi connectivity index (χ3v) is 4.86. The number of nitrogens with zero attached hydrogens (tertiary/aromatic N) is 1. The molecule has 2 aromatic carbocycles. The number of halogens is 1. The Kier molecular flexibility index (Phi) is 6.28. The zero-order valence-electron chi connectivity index (χ0n) is 15.6. The fourth-order valence-corrected chi connectivity index (χ4v) is 3.25. The summed E-state index contributed by atoms with van der Waals surface area (Å²) in [4.78, 5) is 38.3. The van der Waals surface area contributed by atoms with Gasteiger partial charge < -0.3 is 16.2 Å². The normalized spacial score (nSPS) is 19.3. The molecule has 1 aliphatic rings. The molecule has 2 aromatic rings. The van der Waals surface area contributed by atoms with Gasteiger partial charge in [-0.15, -0.1) is 12.4 Å². The van der Waals surface area contributed by atoms with Crippen LogP contribution >= 0.6 is 12.4 Å². The molecule has 5 N–H and O–H groups in total. The van der Waals surface area contributed by atoms with E-state index >= 15 is 0 Å². The van der Waals surface area contributed by atoms with Gasteiger partial charge in [-0.2, -0.15) is 0 Å². The Balaban J connectivity index is 0.00000300. The SMILES string of the molecule is CC1(c2ccc(C(=N)N)cc2)NC(=O)N([C@H](Cc2ccccc2)C(=O)O)C1=O.Cl. The standard InChI is InChI=1S/C20H20N4O4.ClH/c1-20(14-9-7-13(8-10-14)16(21)22)18(27)24(19(28)23-20)15(17(25)26)11-12-5-3-2-4-6-12;/h2-10,15H,11H2,1H3,(H3,21,22)(H,23,28)(H,25,26);1H/t15-,20?;/m1./s1. The van der Waals surface area contributed by atoms with Crippen LogP contribution in [0, 0.1) is 5.41 Å². The molecule has 1 fully saturated rings. The van der Waals surface area contributed by atoms with Crippen molar-refractivity contribution < 1.29 is 19.5 Å². The number of nitrogens with one attached hydrogen (secondary N) is 2. The molecule has 0 saturated carbocycles. The van der Waals surface area contributed by atoms with E-state index in [1.165, 1.54) is 6.92 Å². The second-order valence-electron chi connectivity index (χ2n) is 6.77. The van der Waals surface area contributed by atoms with Gasteiger partial charge in [0.2, 0.25) is 0 Å². The summed E-state index contributed by atoms with van der Waals surface area (Å²) in [5, 5.41) is 19.7. The molecule has 9 heteroatoms. The molecule has 152 valence electrons. The summed E-state index contributed by atoms with van der Waals surface area (Å²) in [7, 11) is 0. The third-order valence-electron chi connectivity index (χ3n) is 4.86. The van der Waals surface area contributed by atoms with Gasteiger partial charge in [-0.3, -0.25) is 10.2 Å². The number of benzene rings is 2. The van der Waals surface area contributed by atoms with Crippen molar-refractivity contribution in [2.24, 2.45) is 5.73 Å². The van der Waals surface area contributed by atoms with Gasteiger partial charge in [0.05, 0.1) is 0 Å². The van der Waals surface area contributed by atoms with E-state index in [1.807, 2.05) is 0 Å². The summed E-state index contributed by atoms with van der Waals surface area (Å²) in [6.45, 7) is 1.53. The first kappa shape index (κ1) is 21.9. The highest BCUT2D eigenvalue weighted by Gasteiger charge is 2.52. The fraction of sp³-hybridized carbons (Fsp3) is 0.200. The smallest absolute Gasteiger partial charge is 0.327 e. The second-order valence-corrected chi connectivity index (χ2v) is 6.77. The third kappa shape index (κ3) is 4.07. The van der Waals surface area contributed by atoms with E-state index < -0.39 is 29.5 Å². The summed E-state index contributed by atoms with van der Waals surface area (Å²) in [5.74, 6) is -2.02. The number of aliphatic carboxylic acids is 1. The molecule has 1 aliphatic heterocycles. The highest BCUT2D eigenvalue weighted by atomic mass is 35.5. The molecular formula is C20H21ClN4O4. The second kappa shape index (κ2) is 8.32. The molecule has 8 nitrogen and oxygen atoms in total. The number of imide groups is 1. The van der Waals surface area contributed by atoms with Crippen LogP contribution in [-0.2, 0) is 21.5 Å². The number of carboxylic acids is 1. The van der Waals surface area contributed by atoms with Gasteiger partial charge in [0, 0.05) is 12.0 Å². The van der Waals surface area contributed by atoms with Gasteiger partial charge in [0.25, 0.3) is 5.91 Å². The van der Waals surface area contributed by atoms with Gasteiger partial charge in [-0.05, 0) is 18.1 Å². The molecule has 2 atom stereocenters. The minimum atomic E-state index is -1.41.